The van der Waals surface area contributed by atoms with E-state index >= 15 is 0 Å². The van der Waals surface area contributed by atoms with E-state index < -0.39 is 8.07 Å². The van der Waals surface area contributed by atoms with Gasteiger partial charge in [-0.15, -0.1) is 0 Å². The SMILES string of the molecule is CC1(C(=O)OC[Si](c2ccccc2)(c2ccccc2)C(C)(C)C)CCC1. The van der Waals surface area contributed by atoms with Crippen LogP contribution >= 0.6 is 0 Å². The Morgan fingerprint density at radius 2 is 1.42 bits per heavy atom. The summed E-state index contributed by atoms with van der Waals surface area (Å²) >= 11 is 0. The third kappa shape index (κ3) is 3.25. The van der Waals surface area contributed by atoms with Gasteiger partial charge in [0.1, 0.15) is 0 Å². The summed E-state index contributed by atoms with van der Waals surface area (Å²) in [5, 5.41) is 2.66. The molecule has 1 aliphatic carbocycles. The first-order chi connectivity index (χ1) is 12.3. The van der Waals surface area contributed by atoms with Gasteiger partial charge in [0.15, 0.2) is 8.07 Å². The first kappa shape index (κ1) is 18.9. The molecule has 0 radical (unpaired) electrons. The Labute approximate surface area is 158 Å². The third-order valence-electron chi connectivity index (χ3n) is 6.18. The van der Waals surface area contributed by atoms with Crippen LogP contribution in [0.15, 0.2) is 60.7 Å². The number of ether oxygens (including phenoxy) is 1. The Morgan fingerprint density at radius 1 is 0.962 bits per heavy atom. The lowest BCUT2D eigenvalue weighted by molar-refractivity contribution is -0.158. The first-order valence-electron chi connectivity index (χ1n) is 9.58. The van der Waals surface area contributed by atoms with Crippen molar-refractivity contribution in [2.75, 3.05) is 6.23 Å². The smallest absolute Gasteiger partial charge is 0.311 e. The molecular weight excluding hydrogens is 336 g/mol. The quantitative estimate of drug-likeness (QED) is 0.582. The van der Waals surface area contributed by atoms with E-state index in [-0.39, 0.29) is 16.4 Å². The number of hydrogen-bond donors (Lipinski definition) is 0. The first-order valence-corrected chi connectivity index (χ1v) is 11.8. The van der Waals surface area contributed by atoms with Crippen molar-refractivity contribution in [2.24, 2.45) is 5.41 Å². The van der Waals surface area contributed by atoms with E-state index in [9.17, 15) is 4.79 Å². The molecule has 0 aromatic heterocycles. The summed E-state index contributed by atoms with van der Waals surface area (Å²) in [6.45, 7) is 8.92. The summed E-state index contributed by atoms with van der Waals surface area (Å²) in [4.78, 5) is 12.8. The molecule has 26 heavy (non-hydrogen) atoms. The van der Waals surface area contributed by atoms with Crippen molar-refractivity contribution in [1.82, 2.24) is 0 Å². The molecule has 0 unspecified atom stereocenters. The van der Waals surface area contributed by atoms with E-state index in [2.05, 4.69) is 81.4 Å². The van der Waals surface area contributed by atoms with Crippen LogP contribution in [0.3, 0.4) is 0 Å². The van der Waals surface area contributed by atoms with E-state index in [1.54, 1.807) is 0 Å². The van der Waals surface area contributed by atoms with Gasteiger partial charge in [-0.25, -0.2) is 0 Å². The van der Waals surface area contributed by atoms with Gasteiger partial charge in [-0.05, 0) is 35.2 Å². The Morgan fingerprint density at radius 3 is 1.77 bits per heavy atom. The summed E-state index contributed by atoms with van der Waals surface area (Å²) in [7, 11) is -2.32. The van der Waals surface area contributed by atoms with Crippen molar-refractivity contribution in [3.05, 3.63) is 60.7 Å². The summed E-state index contributed by atoms with van der Waals surface area (Å²) < 4.78 is 6.07. The minimum Gasteiger partial charge on any atom is -0.468 e. The van der Waals surface area contributed by atoms with E-state index in [0.717, 1.165) is 19.3 Å². The maximum atomic E-state index is 12.8. The van der Waals surface area contributed by atoms with Crippen molar-refractivity contribution in [3.8, 4) is 0 Å². The summed E-state index contributed by atoms with van der Waals surface area (Å²) in [6.07, 6.45) is 3.53. The van der Waals surface area contributed by atoms with Gasteiger partial charge in [-0.1, -0.05) is 87.9 Å². The van der Waals surface area contributed by atoms with Crippen molar-refractivity contribution in [2.45, 2.75) is 52.0 Å². The molecule has 0 amide bonds. The Hall–Kier alpha value is -1.87. The average Bonchev–Trinajstić information content (AvgIpc) is 2.60. The molecule has 0 bridgehead atoms. The zero-order chi connectivity index (χ0) is 18.8. The van der Waals surface area contributed by atoms with Gasteiger partial charge in [0.05, 0.1) is 11.6 Å². The van der Waals surface area contributed by atoms with Gasteiger partial charge >= 0.3 is 5.97 Å². The molecule has 138 valence electrons. The van der Waals surface area contributed by atoms with Crippen molar-refractivity contribution < 1.29 is 9.53 Å². The summed E-state index contributed by atoms with van der Waals surface area (Å²) in [5.41, 5.74) is -0.272. The highest BCUT2D eigenvalue weighted by Crippen LogP contribution is 2.42. The molecule has 1 aliphatic rings. The van der Waals surface area contributed by atoms with E-state index in [1.165, 1.54) is 10.4 Å². The van der Waals surface area contributed by atoms with E-state index in [1.807, 2.05) is 6.92 Å². The van der Waals surface area contributed by atoms with Gasteiger partial charge in [-0.2, -0.15) is 0 Å². The van der Waals surface area contributed by atoms with Crippen LogP contribution in [0, 0.1) is 5.41 Å². The lowest BCUT2D eigenvalue weighted by atomic mass is 9.70. The molecule has 1 saturated carbocycles. The fraction of sp³-hybridized carbons (Fsp3) is 0.435. The third-order valence-corrected chi connectivity index (χ3v) is 12.0. The second kappa shape index (κ2) is 7.03. The zero-order valence-corrected chi connectivity index (χ0v) is 17.4. The van der Waals surface area contributed by atoms with Gasteiger partial charge < -0.3 is 4.74 Å². The van der Waals surface area contributed by atoms with Gasteiger partial charge in [-0.3, -0.25) is 4.79 Å². The normalized spacial score (nSPS) is 16.6. The number of hydrogen-bond acceptors (Lipinski definition) is 2. The fourth-order valence-corrected chi connectivity index (χ4v) is 8.82. The number of carbonyl (C=O) groups is 1. The number of benzene rings is 2. The Kier molecular flexibility index (Phi) is 5.11. The van der Waals surface area contributed by atoms with Crippen LogP contribution in [0.5, 0.6) is 0 Å². The van der Waals surface area contributed by atoms with E-state index in [4.69, 9.17) is 4.74 Å². The summed E-state index contributed by atoms with van der Waals surface area (Å²) in [5.74, 6) is -0.0169. The minimum absolute atomic E-state index is 0.0104. The summed E-state index contributed by atoms with van der Waals surface area (Å²) in [6, 6.07) is 21.3. The average molecular weight is 367 g/mol. The number of rotatable bonds is 5. The van der Waals surface area contributed by atoms with E-state index in [0.29, 0.717) is 6.23 Å². The molecule has 0 N–H and O–H groups in total. The molecule has 2 nitrogen and oxygen atoms in total. The molecule has 0 spiro atoms. The molecule has 0 heterocycles. The van der Waals surface area contributed by atoms with Crippen LogP contribution < -0.4 is 10.4 Å². The lowest BCUT2D eigenvalue weighted by Crippen LogP contribution is -2.68. The molecule has 0 saturated heterocycles. The van der Waals surface area contributed by atoms with Crippen molar-refractivity contribution in [3.63, 3.8) is 0 Å². The standard InChI is InChI=1S/C23H30O2Si/c1-22(2,3)26(19-12-7-5-8-13-19,20-14-9-6-10-15-20)18-25-21(24)23(4)16-11-17-23/h5-10,12-15H,11,16-18H2,1-4H3. The second-order valence-corrected chi connectivity index (χ2v) is 13.6. The van der Waals surface area contributed by atoms with Gasteiger partial charge in [0.2, 0.25) is 0 Å². The zero-order valence-electron chi connectivity index (χ0n) is 16.4. The predicted octanol–water partition coefficient (Wildman–Crippen LogP) is 4.32. The molecular formula is C23H30O2Si. The molecule has 3 rings (SSSR count). The molecule has 1 fully saturated rings. The molecule has 2 aromatic rings. The monoisotopic (exact) mass is 366 g/mol. The Balaban J connectivity index is 2.04. The Bertz CT molecular complexity index is 703. The molecule has 0 aliphatic heterocycles. The lowest BCUT2D eigenvalue weighted by Gasteiger charge is -2.44. The second-order valence-electron chi connectivity index (χ2n) is 8.88. The topological polar surface area (TPSA) is 26.3 Å². The highest BCUT2D eigenvalue weighted by atomic mass is 28.3. The minimum atomic E-state index is -2.32. The van der Waals surface area contributed by atoms with Crippen LogP contribution in [0.2, 0.25) is 5.04 Å². The van der Waals surface area contributed by atoms with Crippen LogP contribution in [-0.2, 0) is 9.53 Å². The van der Waals surface area contributed by atoms with Crippen molar-refractivity contribution in [1.29, 1.82) is 0 Å². The number of carbonyl (C=O) groups excluding carboxylic acids is 1. The van der Waals surface area contributed by atoms with Gasteiger partial charge in [0, 0.05) is 0 Å². The van der Waals surface area contributed by atoms with Gasteiger partial charge in [0.25, 0.3) is 0 Å². The van der Waals surface area contributed by atoms with Crippen LogP contribution in [0.4, 0.5) is 0 Å². The molecule has 3 heteroatoms. The number of esters is 1. The largest absolute Gasteiger partial charge is 0.468 e. The van der Waals surface area contributed by atoms with Crippen LogP contribution in [0.25, 0.3) is 0 Å². The molecule has 0 atom stereocenters. The van der Waals surface area contributed by atoms with Crippen LogP contribution in [0.1, 0.15) is 47.0 Å². The highest BCUT2D eigenvalue weighted by molar-refractivity contribution is 7.04. The van der Waals surface area contributed by atoms with Crippen LogP contribution in [-0.4, -0.2) is 20.3 Å². The maximum Gasteiger partial charge on any atom is 0.311 e. The fourth-order valence-electron chi connectivity index (χ4n) is 4.12. The molecule has 2 aromatic carbocycles. The highest BCUT2D eigenvalue weighted by Gasteiger charge is 2.50. The predicted molar refractivity (Wildman–Crippen MR) is 111 cm³/mol. The van der Waals surface area contributed by atoms with Crippen molar-refractivity contribution >= 4 is 24.4 Å². The maximum absolute atomic E-state index is 12.8.